The summed E-state index contributed by atoms with van der Waals surface area (Å²) in [6.07, 6.45) is 2.54. The summed E-state index contributed by atoms with van der Waals surface area (Å²) < 4.78 is 5.38. The fourth-order valence-electron chi connectivity index (χ4n) is 4.11. The molecular formula is C21H28N6O2. The summed E-state index contributed by atoms with van der Waals surface area (Å²) >= 11 is 0. The van der Waals surface area contributed by atoms with Gasteiger partial charge in [0.2, 0.25) is 11.9 Å². The van der Waals surface area contributed by atoms with Crippen LogP contribution in [-0.2, 0) is 9.53 Å². The van der Waals surface area contributed by atoms with Crippen LogP contribution in [0.2, 0.25) is 0 Å². The van der Waals surface area contributed by atoms with Crippen LogP contribution in [0.4, 0.5) is 11.8 Å². The van der Waals surface area contributed by atoms with Gasteiger partial charge in [0, 0.05) is 61.3 Å². The van der Waals surface area contributed by atoms with Crippen molar-refractivity contribution in [3.8, 4) is 0 Å². The smallest absolute Gasteiger partial charge is 0.228 e. The average molecular weight is 396 g/mol. The summed E-state index contributed by atoms with van der Waals surface area (Å²) in [5.74, 6) is 2.50. The van der Waals surface area contributed by atoms with Crippen LogP contribution in [0, 0.1) is 26.7 Å². The van der Waals surface area contributed by atoms with Crippen LogP contribution in [-0.4, -0.2) is 57.0 Å². The Kier molecular flexibility index (Phi) is 5.71. The topological polar surface area (TPSA) is 93.1 Å². The molecule has 2 aromatic heterocycles. The molecule has 0 aromatic carbocycles. The van der Waals surface area contributed by atoms with Crippen LogP contribution >= 0.6 is 0 Å². The number of aromatic nitrogens is 4. The number of likely N-dealkylation sites (tertiary alicyclic amines) is 1. The third-order valence-electron chi connectivity index (χ3n) is 5.53. The summed E-state index contributed by atoms with van der Waals surface area (Å²) in [5.41, 5.74) is 2.70. The van der Waals surface area contributed by atoms with E-state index >= 15 is 0 Å². The number of amides is 1. The number of hydrogen-bond acceptors (Lipinski definition) is 7. The molecule has 2 fully saturated rings. The molecule has 0 bridgehead atoms. The zero-order valence-electron chi connectivity index (χ0n) is 17.3. The number of hydrogen-bond donors (Lipinski definition) is 1. The molecule has 1 N–H and O–H groups in total. The minimum Gasteiger partial charge on any atom is -0.381 e. The Morgan fingerprint density at radius 2 is 1.69 bits per heavy atom. The van der Waals surface area contributed by atoms with E-state index in [1.807, 2.05) is 37.8 Å². The molecular weight excluding hydrogens is 368 g/mol. The SMILES string of the molecule is Cc1cc(C)nc(Nc2cc(C)nc(C3CCN(C(=O)C4CCOCC4)C3)n2)n1. The summed E-state index contributed by atoms with van der Waals surface area (Å²) in [6, 6.07) is 3.83. The van der Waals surface area contributed by atoms with Crippen LogP contribution in [0.3, 0.4) is 0 Å². The Hall–Kier alpha value is -2.61. The lowest BCUT2D eigenvalue weighted by Gasteiger charge is -2.26. The number of rotatable bonds is 4. The molecule has 4 heterocycles. The summed E-state index contributed by atoms with van der Waals surface area (Å²) in [5, 5.41) is 3.21. The van der Waals surface area contributed by atoms with Crippen LogP contribution in [0.25, 0.3) is 0 Å². The number of carbonyl (C=O) groups is 1. The quantitative estimate of drug-likeness (QED) is 0.849. The third-order valence-corrected chi connectivity index (χ3v) is 5.53. The normalized spacial score (nSPS) is 20.1. The Bertz CT molecular complexity index is 876. The second-order valence-corrected chi connectivity index (χ2v) is 8.01. The molecule has 0 saturated carbocycles. The maximum Gasteiger partial charge on any atom is 0.228 e. The highest BCUT2D eigenvalue weighted by atomic mass is 16.5. The summed E-state index contributed by atoms with van der Waals surface area (Å²) in [6.45, 7) is 8.66. The lowest BCUT2D eigenvalue weighted by molar-refractivity contribution is -0.137. The fourth-order valence-corrected chi connectivity index (χ4v) is 4.11. The Balaban J connectivity index is 1.47. The van der Waals surface area contributed by atoms with Gasteiger partial charge in [-0.3, -0.25) is 4.79 Å². The van der Waals surface area contributed by atoms with Gasteiger partial charge in [-0.1, -0.05) is 0 Å². The Morgan fingerprint density at radius 3 is 2.41 bits per heavy atom. The van der Waals surface area contributed by atoms with Crippen molar-refractivity contribution in [2.75, 3.05) is 31.6 Å². The van der Waals surface area contributed by atoms with Gasteiger partial charge in [0.05, 0.1) is 0 Å². The van der Waals surface area contributed by atoms with Crippen LogP contribution < -0.4 is 5.32 Å². The van der Waals surface area contributed by atoms with Gasteiger partial charge in [0.25, 0.3) is 0 Å². The van der Waals surface area contributed by atoms with E-state index in [1.54, 1.807) is 0 Å². The minimum atomic E-state index is 0.0971. The van der Waals surface area contributed by atoms with Crippen molar-refractivity contribution >= 4 is 17.7 Å². The van der Waals surface area contributed by atoms with E-state index in [1.165, 1.54) is 0 Å². The Morgan fingerprint density at radius 1 is 1.00 bits per heavy atom. The van der Waals surface area contributed by atoms with Crippen molar-refractivity contribution in [3.05, 3.63) is 35.0 Å². The fraction of sp³-hybridized carbons (Fsp3) is 0.571. The number of aryl methyl sites for hydroxylation is 3. The van der Waals surface area contributed by atoms with Gasteiger partial charge in [-0.25, -0.2) is 19.9 Å². The molecule has 29 heavy (non-hydrogen) atoms. The molecule has 2 saturated heterocycles. The van der Waals surface area contributed by atoms with Gasteiger partial charge in [-0.05, 0) is 46.1 Å². The van der Waals surface area contributed by atoms with E-state index in [0.29, 0.717) is 31.5 Å². The molecule has 0 spiro atoms. The van der Waals surface area contributed by atoms with Crippen molar-refractivity contribution in [2.45, 2.75) is 46.0 Å². The predicted molar refractivity (Wildman–Crippen MR) is 109 cm³/mol. The molecule has 8 heteroatoms. The van der Waals surface area contributed by atoms with Crippen molar-refractivity contribution in [2.24, 2.45) is 5.92 Å². The van der Waals surface area contributed by atoms with E-state index in [9.17, 15) is 4.79 Å². The van der Waals surface area contributed by atoms with E-state index in [2.05, 4.69) is 20.3 Å². The average Bonchev–Trinajstić information content (AvgIpc) is 3.17. The zero-order chi connectivity index (χ0) is 20.4. The molecule has 1 amide bonds. The molecule has 2 aromatic rings. The molecule has 8 nitrogen and oxygen atoms in total. The van der Waals surface area contributed by atoms with Crippen LogP contribution in [0.5, 0.6) is 0 Å². The highest BCUT2D eigenvalue weighted by molar-refractivity contribution is 5.79. The molecule has 154 valence electrons. The maximum absolute atomic E-state index is 12.8. The first-order chi connectivity index (χ1) is 14.0. The van der Waals surface area contributed by atoms with Crippen molar-refractivity contribution < 1.29 is 9.53 Å². The largest absolute Gasteiger partial charge is 0.381 e. The monoisotopic (exact) mass is 396 g/mol. The van der Waals surface area contributed by atoms with Gasteiger partial charge < -0.3 is 15.0 Å². The van der Waals surface area contributed by atoms with E-state index in [-0.39, 0.29) is 17.7 Å². The lowest BCUT2D eigenvalue weighted by atomic mass is 9.99. The van der Waals surface area contributed by atoms with Crippen molar-refractivity contribution in [1.82, 2.24) is 24.8 Å². The van der Waals surface area contributed by atoms with Gasteiger partial charge >= 0.3 is 0 Å². The molecule has 1 atom stereocenters. The second-order valence-electron chi connectivity index (χ2n) is 8.01. The van der Waals surface area contributed by atoms with Crippen molar-refractivity contribution in [3.63, 3.8) is 0 Å². The van der Waals surface area contributed by atoms with Crippen LogP contribution in [0.15, 0.2) is 12.1 Å². The molecule has 1 unspecified atom stereocenters. The van der Waals surface area contributed by atoms with Gasteiger partial charge in [0.15, 0.2) is 0 Å². The molecule has 0 radical (unpaired) electrons. The predicted octanol–water partition coefficient (Wildman–Crippen LogP) is 2.68. The van der Waals surface area contributed by atoms with E-state index in [4.69, 9.17) is 9.72 Å². The third kappa shape index (κ3) is 4.70. The first-order valence-corrected chi connectivity index (χ1v) is 10.3. The summed E-state index contributed by atoms with van der Waals surface area (Å²) in [7, 11) is 0. The molecule has 2 aliphatic heterocycles. The summed E-state index contributed by atoms with van der Waals surface area (Å²) in [4.78, 5) is 33.0. The molecule has 2 aliphatic rings. The van der Waals surface area contributed by atoms with Gasteiger partial charge in [0.1, 0.15) is 11.6 Å². The number of nitrogens with one attached hydrogen (secondary N) is 1. The number of ether oxygens (including phenoxy) is 1. The number of carbonyl (C=O) groups excluding carboxylic acids is 1. The first-order valence-electron chi connectivity index (χ1n) is 10.3. The zero-order valence-corrected chi connectivity index (χ0v) is 17.3. The van der Waals surface area contributed by atoms with Crippen molar-refractivity contribution in [1.29, 1.82) is 0 Å². The van der Waals surface area contributed by atoms with E-state index < -0.39 is 0 Å². The highest BCUT2D eigenvalue weighted by Gasteiger charge is 2.33. The maximum atomic E-state index is 12.8. The van der Waals surface area contributed by atoms with Gasteiger partial charge in [-0.15, -0.1) is 0 Å². The first kappa shape index (κ1) is 19.7. The number of anilines is 2. The minimum absolute atomic E-state index is 0.0971. The van der Waals surface area contributed by atoms with Crippen LogP contribution in [0.1, 0.15) is 48.1 Å². The molecule has 4 rings (SSSR count). The van der Waals surface area contributed by atoms with Gasteiger partial charge in [-0.2, -0.15) is 0 Å². The standard InChI is InChI=1S/C21H28N6O2/c1-13-10-14(2)24-21(23-13)26-18-11-15(3)22-19(25-18)17-4-7-27(12-17)20(28)16-5-8-29-9-6-16/h10-11,16-17H,4-9,12H2,1-3H3,(H,22,23,24,25,26). The molecule has 0 aliphatic carbocycles. The number of nitrogens with zero attached hydrogens (tertiary/aromatic N) is 5. The second kappa shape index (κ2) is 8.41. The highest BCUT2D eigenvalue weighted by Crippen LogP contribution is 2.29. The Labute approximate surface area is 171 Å². The van der Waals surface area contributed by atoms with E-state index in [0.717, 1.165) is 48.7 Å². The lowest BCUT2D eigenvalue weighted by Crippen LogP contribution is -2.37.